The first-order valence-electron chi connectivity index (χ1n) is 22.0. The van der Waals surface area contributed by atoms with Crippen LogP contribution >= 0.6 is 0 Å². The topological polar surface area (TPSA) is 182 Å². The number of anilines is 1. The average Bonchev–Trinajstić information content (AvgIpc) is 3.69. The van der Waals surface area contributed by atoms with Crippen molar-refractivity contribution in [2.75, 3.05) is 45.8 Å². The monoisotopic (exact) mass is 879 g/mol. The van der Waals surface area contributed by atoms with E-state index in [1.165, 1.54) is 19.1 Å². The lowest BCUT2D eigenvalue weighted by Crippen LogP contribution is -2.59. The number of benzene rings is 1. The first-order chi connectivity index (χ1) is 29.3. The Hall–Kier alpha value is -3.58. The summed E-state index contributed by atoms with van der Waals surface area (Å²) in [5.41, 5.74) is -1.07. The molecule has 3 heterocycles. The number of hydrogen-bond donors (Lipinski definition) is 4. The fourth-order valence-corrected chi connectivity index (χ4v) is 8.89. The van der Waals surface area contributed by atoms with Crippen LogP contribution in [0.5, 0.6) is 0 Å². The molecule has 2 aliphatic rings. The Morgan fingerprint density at radius 1 is 1.15 bits per heavy atom. The second-order valence-corrected chi connectivity index (χ2v) is 17.8. The van der Waals surface area contributed by atoms with Crippen molar-refractivity contribution < 1.29 is 52.7 Å². The molecule has 13 atom stereocenters. The van der Waals surface area contributed by atoms with Crippen molar-refractivity contribution >= 4 is 23.6 Å². The summed E-state index contributed by atoms with van der Waals surface area (Å²) in [4.78, 5) is 21.3. The summed E-state index contributed by atoms with van der Waals surface area (Å²) in [6.07, 6.45) is 1.95. The Morgan fingerprint density at radius 3 is 2.56 bits per heavy atom. The molecule has 0 saturated carbocycles. The van der Waals surface area contributed by atoms with Crippen molar-refractivity contribution in [3.8, 4) is 0 Å². The van der Waals surface area contributed by atoms with Crippen LogP contribution in [0.1, 0.15) is 93.2 Å². The molecule has 4 rings (SSSR count). The zero-order valence-electron chi connectivity index (χ0n) is 38.2. The lowest BCUT2D eigenvalue weighted by atomic mass is 9.74. The van der Waals surface area contributed by atoms with Gasteiger partial charge in [0.1, 0.15) is 30.2 Å². The molecule has 17 heteroatoms. The highest BCUT2D eigenvalue weighted by atomic mass is 19.1. The van der Waals surface area contributed by atoms with Crippen molar-refractivity contribution in [1.82, 2.24) is 19.9 Å². The molecular weight excluding hydrogens is 807 g/mol. The predicted molar refractivity (Wildman–Crippen MR) is 232 cm³/mol. The molecular formula is C45H72F2N6O9. The minimum absolute atomic E-state index is 0.0177. The van der Waals surface area contributed by atoms with E-state index in [2.05, 4.69) is 25.7 Å². The standard InChI is InChI=1S/C45H72F2N6O9/c1-11-37-45(8,57)40(55)32(6)38(50-59-22-13-18-46)30(4)26-44(7,58-10)41(28(2)23-29(3)42(56)61-37)62-43-39(54)36(24-31(5)60-43)52(9)21-17-35-27-53(51-49-35)20-14-19-48-34-16-12-15-33(47)25-34/h12,14-16,20,25,27-32,36-37,39-41,43,48,54-55,57H,11,13,17-19,21-24,26H2,1-10H3/b20-14-,50-38-/t28-,29+,30+,31+,32-,36-,37+,39+,40+,41+,43-,44+,45+/m0/s1. The van der Waals surface area contributed by atoms with Crippen molar-refractivity contribution in [2.24, 2.45) is 28.8 Å². The third-order valence-corrected chi connectivity index (χ3v) is 12.5. The molecule has 0 unspecified atom stereocenters. The number of aromatic nitrogens is 3. The number of cyclic esters (lactones) is 1. The number of esters is 1. The lowest BCUT2D eigenvalue weighted by Gasteiger charge is -2.48. The molecule has 0 amide bonds. The van der Waals surface area contributed by atoms with Gasteiger partial charge in [-0.15, -0.1) is 5.10 Å². The largest absolute Gasteiger partial charge is 0.459 e. The third kappa shape index (κ3) is 13.5. The number of carbonyl (C=O) groups is 1. The van der Waals surface area contributed by atoms with E-state index in [1.54, 1.807) is 50.9 Å². The number of halogens is 2. The SMILES string of the molecule is CC[C@H]1OC(=O)[C@H](C)C[C@H](C)[C@@H](O[C@@H]2O[C@H](C)C[C@H](N(C)CCc3cn(/C=C\CNc4cccc(F)c4)nn3)[C@H]2O)[C@](C)(OC)C[C@@H](C)/C(=N/OCCCF)[C@H](C)[C@@H](O)[C@]1(C)O. The number of methoxy groups -OCH3 is 1. The minimum atomic E-state index is -1.84. The number of aliphatic hydroxyl groups is 3. The summed E-state index contributed by atoms with van der Waals surface area (Å²) in [5.74, 6) is -3.02. The summed E-state index contributed by atoms with van der Waals surface area (Å²) in [6, 6.07) is 5.91. The normalized spacial score (nSPS) is 34.9. The molecule has 2 aromatic rings. The number of likely N-dealkylation sites (N-methyl/N-ethyl adjacent to an activating group) is 1. The third-order valence-electron chi connectivity index (χ3n) is 12.5. The Morgan fingerprint density at radius 2 is 1.89 bits per heavy atom. The van der Waals surface area contributed by atoms with E-state index >= 15 is 0 Å². The summed E-state index contributed by atoms with van der Waals surface area (Å²) in [5, 5.41) is 51.5. The molecule has 350 valence electrons. The van der Waals surface area contributed by atoms with Crippen LogP contribution < -0.4 is 5.32 Å². The zero-order chi connectivity index (χ0) is 45.8. The summed E-state index contributed by atoms with van der Waals surface area (Å²) in [6.45, 7) is 14.9. The van der Waals surface area contributed by atoms with E-state index in [1.807, 2.05) is 47.0 Å². The summed E-state index contributed by atoms with van der Waals surface area (Å²) >= 11 is 0. The number of aliphatic hydroxyl groups excluding tert-OH is 2. The number of ether oxygens (including phenoxy) is 4. The number of hydrogen-bond acceptors (Lipinski definition) is 14. The summed E-state index contributed by atoms with van der Waals surface area (Å²) < 4.78 is 53.6. The smallest absolute Gasteiger partial charge is 0.309 e. The first-order valence-corrected chi connectivity index (χ1v) is 22.0. The van der Waals surface area contributed by atoms with E-state index < -0.39 is 72.3 Å². The molecule has 0 radical (unpaired) electrons. The maximum atomic E-state index is 13.7. The van der Waals surface area contributed by atoms with Gasteiger partial charge in [0.05, 0.1) is 54.1 Å². The van der Waals surface area contributed by atoms with Gasteiger partial charge < -0.3 is 49.3 Å². The van der Waals surface area contributed by atoms with Gasteiger partial charge in [-0.2, -0.15) is 0 Å². The number of nitrogens with zero attached hydrogens (tertiary/aromatic N) is 5. The quantitative estimate of drug-likeness (QED) is 0.0926. The van der Waals surface area contributed by atoms with Crippen molar-refractivity contribution in [3.05, 3.63) is 48.0 Å². The van der Waals surface area contributed by atoms with Crippen molar-refractivity contribution in [3.63, 3.8) is 0 Å². The van der Waals surface area contributed by atoms with Crippen LogP contribution in [0, 0.1) is 29.5 Å². The maximum Gasteiger partial charge on any atom is 0.309 e. The molecule has 1 aromatic carbocycles. The van der Waals surface area contributed by atoms with E-state index in [0.717, 1.165) is 5.69 Å². The molecule has 0 aliphatic carbocycles. The van der Waals surface area contributed by atoms with Gasteiger partial charge in [-0.1, -0.05) is 51.1 Å². The van der Waals surface area contributed by atoms with E-state index in [9.17, 15) is 28.9 Å². The second-order valence-electron chi connectivity index (χ2n) is 17.8. The zero-order valence-corrected chi connectivity index (χ0v) is 38.2. The molecule has 15 nitrogen and oxygen atoms in total. The molecule has 62 heavy (non-hydrogen) atoms. The van der Waals surface area contributed by atoms with Gasteiger partial charge in [0, 0.05) is 62.8 Å². The Bertz CT molecular complexity index is 1750. The Balaban J connectivity index is 1.54. The van der Waals surface area contributed by atoms with Gasteiger partial charge in [0.15, 0.2) is 6.29 Å². The molecule has 0 spiro atoms. The molecule has 2 saturated heterocycles. The van der Waals surface area contributed by atoms with Crippen molar-refractivity contribution in [2.45, 2.75) is 148 Å². The lowest BCUT2D eigenvalue weighted by molar-refractivity contribution is -0.298. The van der Waals surface area contributed by atoms with Crippen LogP contribution in [0.25, 0.3) is 6.20 Å². The fraction of sp³-hybridized carbons (Fsp3) is 0.733. The highest BCUT2D eigenvalue weighted by Crippen LogP contribution is 2.39. The van der Waals surface area contributed by atoms with Crippen LogP contribution in [0.3, 0.4) is 0 Å². The van der Waals surface area contributed by atoms with E-state index in [-0.39, 0.29) is 43.3 Å². The molecule has 1 aromatic heterocycles. The molecule has 4 N–H and O–H groups in total. The highest BCUT2D eigenvalue weighted by molar-refractivity contribution is 5.88. The number of nitrogens with one attached hydrogen (secondary N) is 1. The van der Waals surface area contributed by atoms with Gasteiger partial charge in [-0.05, 0) is 83.7 Å². The summed E-state index contributed by atoms with van der Waals surface area (Å²) in [7, 11) is 3.52. The van der Waals surface area contributed by atoms with Gasteiger partial charge in [0.2, 0.25) is 0 Å². The number of rotatable bonds is 16. The van der Waals surface area contributed by atoms with Gasteiger partial charge in [-0.25, -0.2) is 9.07 Å². The van der Waals surface area contributed by atoms with Crippen LogP contribution in [-0.2, 0) is 35.0 Å². The Kier molecular flexibility index (Phi) is 19.3. The van der Waals surface area contributed by atoms with Crippen molar-refractivity contribution in [1.29, 1.82) is 0 Å². The predicted octanol–water partition coefficient (Wildman–Crippen LogP) is 5.63. The Labute approximate surface area is 366 Å². The molecule has 2 fully saturated rings. The molecule has 2 aliphatic heterocycles. The average molecular weight is 879 g/mol. The van der Waals surface area contributed by atoms with Gasteiger partial charge in [0.25, 0.3) is 0 Å². The fourth-order valence-electron chi connectivity index (χ4n) is 8.89. The number of oxime groups is 1. The molecule has 0 bridgehead atoms. The van der Waals surface area contributed by atoms with Gasteiger partial charge >= 0.3 is 5.97 Å². The van der Waals surface area contributed by atoms with Crippen LogP contribution in [0.4, 0.5) is 14.5 Å². The number of carbonyl (C=O) groups excluding carboxylic acids is 1. The van der Waals surface area contributed by atoms with E-state index in [0.29, 0.717) is 50.2 Å². The van der Waals surface area contributed by atoms with Crippen LogP contribution in [-0.4, -0.2) is 141 Å². The second kappa shape index (κ2) is 23.4. The van der Waals surface area contributed by atoms with Gasteiger partial charge in [-0.3, -0.25) is 9.18 Å². The van der Waals surface area contributed by atoms with E-state index in [4.69, 9.17) is 23.8 Å². The maximum absolute atomic E-state index is 13.7. The van der Waals surface area contributed by atoms with Crippen LogP contribution in [0.2, 0.25) is 0 Å². The van der Waals surface area contributed by atoms with Crippen LogP contribution in [0.15, 0.2) is 41.7 Å². The highest BCUT2D eigenvalue weighted by Gasteiger charge is 2.50. The number of alkyl halides is 1. The first kappa shape index (κ1) is 51.1. The minimum Gasteiger partial charge on any atom is -0.459 e.